The fourth-order valence-corrected chi connectivity index (χ4v) is 1.96. The molecule has 0 fully saturated rings. The zero-order chi connectivity index (χ0) is 17.2. The van der Waals surface area contributed by atoms with E-state index in [2.05, 4.69) is 18.5 Å². The number of hydrogen-bond donors (Lipinski definition) is 2. The van der Waals surface area contributed by atoms with E-state index in [9.17, 15) is 5.11 Å². The first-order chi connectivity index (χ1) is 11.0. The summed E-state index contributed by atoms with van der Waals surface area (Å²) >= 11 is 0. The maximum absolute atomic E-state index is 9.54. The van der Waals surface area contributed by atoms with Gasteiger partial charge in [0.1, 0.15) is 18.5 Å². The summed E-state index contributed by atoms with van der Waals surface area (Å²) in [7, 11) is 1.54. The maximum atomic E-state index is 9.54. The first-order valence-electron chi connectivity index (χ1n) is 7.79. The Hall–Kier alpha value is -1.69. The van der Waals surface area contributed by atoms with Gasteiger partial charge in [0.2, 0.25) is 0 Å². The Morgan fingerprint density at radius 2 is 1.91 bits per heavy atom. The van der Waals surface area contributed by atoms with Crippen molar-refractivity contribution in [1.82, 2.24) is 0 Å². The first-order valence-corrected chi connectivity index (χ1v) is 7.79. The molecule has 0 aliphatic rings. The zero-order valence-corrected chi connectivity index (χ0v) is 14.2. The van der Waals surface area contributed by atoms with Crippen molar-refractivity contribution in [3.8, 4) is 5.75 Å². The van der Waals surface area contributed by atoms with Crippen molar-refractivity contribution in [3.63, 3.8) is 0 Å². The van der Waals surface area contributed by atoms with E-state index < -0.39 is 6.10 Å². The lowest BCUT2D eigenvalue weighted by molar-refractivity contribution is 0.0325. The fourth-order valence-electron chi connectivity index (χ4n) is 1.96. The third kappa shape index (κ3) is 6.95. The molecule has 5 nitrogen and oxygen atoms in total. The standard InChI is InChI=1S/C18H28N2O3/c1-5-18(19)13(2)14(3)20-10-15-6-8-17(9-7-15)23-12-16(21)11-22-4/h5-10,13-14,16,18,21H,1,11-12,19H2,2-4H3/t13-,14+,16?,18?/m1/s1. The molecular formula is C18H28N2O3. The number of hydrogen-bond acceptors (Lipinski definition) is 5. The predicted octanol–water partition coefficient (Wildman–Crippen LogP) is 2.03. The van der Waals surface area contributed by atoms with Crippen LogP contribution in [-0.2, 0) is 4.74 Å². The van der Waals surface area contributed by atoms with E-state index in [1.54, 1.807) is 13.2 Å². The summed E-state index contributed by atoms with van der Waals surface area (Å²) in [6, 6.07) is 7.60. The third-order valence-electron chi connectivity index (χ3n) is 3.78. The van der Waals surface area contributed by atoms with Crippen LogP contribution in [0.5, 0.6) is 5.75 Å². The molecule has 23 heavy (non-hydrogen) atoms. The number of nitrogens with zero attached hydrogens (tertiary/aromatic N) is 1. The molecule has 3 N–H and O–H groups in total. The fraction of sp³-hybridized carbons (Fsp3) is 0.500. The molecule has 0 heterocycles. The number of benzene rings is 1. The van der Waals surface area contributed by atoms with E-state index in [4.69, 9.17) is 15.2 Å². The molecule has 0 aromatic heterocycles. The van der Waals surface area contributed by atoms with E-state index >= 15 is 0 Å². The van der Waals surface area contributed by atoms with E-state index in [1.165, 1.54) is 0 Å². The minimum atomic E-state index is -0.627. The number of methoxy groups -OCH3 is 1. The second-order valence-corrected chi connectivity index (χ2v) is 5.68. The van der Waals surface area contributed by atoms with Crippen LogP contribution in [-0.4, -0.2) is 49.8 Å². The van der Waals surface area contributed by atoms with Gasteiger partial charge in [-0.25, -0.2) is 0 Å². The Kier molecular flexibility index (Phi) is 8.55. The molecule has 0 spiro atoms. The van der Waals surface area contributed by atoms with Gasteiger partial charge in [-0.05, 0) is 42.7 Å². The maximum Gasteiger partial charge on any atom is 0.119 e. The van der Waals surface area contributed by atoms with Gasteiger partial charge >= 0.3 is 0 Å². The second-order valence-electron chi connectivity index (χ2n) is 5.68. The number of aliphatic imine (C=N–C) groups is 1. The predicted molar refractivity (Wildman–Crippen MR) is 94.2 cm³/mol. The summed E-state index contributed by atoms with van der Waals surface area (Å²) in [6.45, 7) is 8.29. The molecule has 4 atom stereocenters. The summed E-state index contributed by atoms with van der Waals surface area (Å²) in [4.78, 5) is 4.54. The molecule has 0 radical (unpaired) electrons. The van der Waals surface area contributed by atoms with Gasteiger partial charge < -0.3 is 20.3 Å². The Labute approximate surface area is 138 Å². The van der Waals surface area contributed by atoms with Gasteiger partial charge in [0, 0.05) is 19.4 Å². The Morgan fingerprint density at radius 1 is 1.26 bits per heavy atom. The lowest BCUT2D eigenvalue weighted by atomic mass is 9.96. The average Bonchev–Trinajstić information content (AvgIpc) is 2.57. The molecule has 0 saturated heterocycles. The van der Waals surface area contributed by atoms with Gasteiger partial charge in [-0.3, -0.25) is 4.99 Å². The van der Waals surface area contributed by atoms with Crippen LogP contribution in [0, 0.1) is 5.92 Å². The average molecular weight is 320 g/mol. The third-order valence-corrected chi connectivity index (χ3v) is 3.78. The highest BCUT2D eigenvalue weighted by molar-refractivity contribution is 5.79. The van der Waals surface area contributed by atoms with Crippen molar-refractivity contribution in [3.05, 3.63) is 42.5 Å². The Morgan fingerprint density at radius 3 is 2.48 bits per heavy atom. The molecule has 1 aromatic rings. The van der Waals surface area contributed by atoms with Gasteiger partial charge in [0.25, 0.3) is 0 Å². The molecule has 1 aromatic carbocycles. The van der Waals surface area contributed by atoms with Crippen LogP contribution in [0.4, 0.5) is 0 Å². The van der Waals surface area contributed by atoms with Crippen LogP contribution in [0.25, 0.3) is 0 Å². The zero-order valence-electron chi connectivity index (χ0n) is 14.2. The minimum Gasteiger partial charge on any atom is -0.491 e. The molecule has 0 amide bonds. The highest BCUT2D eigenvalue weighted by Gasteiger charge is 2.15. The van der Waals surface area contributed by atoms with Gasteiger partial charge in [-0.15, -0.1) is 6.58 Å². The van der Waals surface area contributed by atoms with Crippen molar-refractivity contribution in [2.24, 2.45) is 16.6 Å². The van der Waals surface area contributed by atoms with Crippen molar-refractivity contribution in [1.29, 1.82) is 0 Å². The van der Waals surface area contributed by atoms with Crippen LogP contribution in [0.2, 0.25) is 0 Å². The van der Waals surface area contributed by atoms with Crippen molar-refractivity contribution < 1.29 is 14.6 Å². The summed E-state index contributed by atoms with van der Waals surface area (Å²) in [5.74, 6) is 0.932. The van der Waals surface area contributed by atoms with Crippen molar-refractivity contribution >= 4 is 6.21 Å². The number of aliphatic hydroxyl groups is 1. The normalized spacial score (nSPS) is 16.7. The van der Waals surface area contributed by atoms with Gasteiger partial charge in [0.15, 0.2) is 0 Å². The monoisotopic (exact) mass is 320 g/mol. The molecular weight excluding hydrogens is 292 g/mol. The van der Waals surface area contributed by atoms with E-state index in [0.29, 0.717) is 5.75 Å². The van der Waals surface area contributed by atoms with E-state index in [1.807, 2.05) is 37.4 Å². The van der Waals surface area contributed by atoms with Crippen LogP contribution >= 0.6 is 0 Å². The lowest BCUT2D eigenvalue weighted by Crippen LogP contribution is -2.32. The van der Waals surface area contributed by atoms with Gasteiger partial charge in [-0.1, -0.05) is 13.0 Å². The quantitative estimate of drug-likeness (QED) is 0.511. The number of ether oxygens (including phenoxy) is 2. The highest BCUT2D eigenvalue weighted by Crippen LogP contribution is 2.14. The smallest absolute Gasteiger partial charge is 0.119 e. The molecule has 0 aliphatic carbocycles. The van der Waals surface area contributed by atoms with Crippen molar-refractivity contribution in [2.75, 3.05) is 20.3 Å². The molecule has 2 unspecified atom stereocenters. The number of nitrogens with two attached hydrogens (primary N) is 1. The summed E-state index contributed by atoms with van der Waals surface area (Å²) in [5, 5.41) is 9.54. The molecule has 0 saturated carbocycles. The number of aliphatic hydroxyl groups excluding tert-OH is 1. The Bertz CT molecular complexity index is 488. The summed E-state index contributed by atoms with van der Waals surface area (Å²) < 4.78 is 10.3. The lowest BCUT2D eigenvalue weighted by Gasteiger charge is -2.20. The Balaban J connectivity index is 2.53. The van der Waals surface area contributed by atoms with Gasteiger partial charge in [0.05, 0.1) is 12.6 Å². The van der Waals surface area contributed by atoms with Crippen molar-refractivity contribution in [2.45, 2.75) is 32.0 Å². The van der Waals surface area contributed by atoms with E-state index in [0.717, 1.165) is 5.56 Å². The molecule has 0 aliphatic heterocycles. The van der Waals surface area contributed by atoms with Gasteiger partial charge in [-0.2, -0.15) is 0 Å². The summed E-state index contributed by atoms with van der Waals surface area (Å²) in [5.41, 5.74) is 6.93. The van der Waals surface area contributed by atoms with Crippen LogP contribution in [0.15, 0.2) is 41.9 Å². The van der Waals surface area contributed by atoms with E-state index in [-0.39, 0.29) is 31.2 Å². The van der Waals surface area contributed by atoms with Crippen LogP contribution in [0.3, 0.4) is 0 Å². The molecule has 0 bridgehead atoms. The second kappa shape index (κ2) is 10.2. The molecule has 128 valence electrons. The first kappa shape index (κ1) is 19.4. The largest absolute Gasteiger partial charge is 0.491 e. The molecule has 1 rings (SSSR count). The minimum absolute atomic E-state index is 0.0588. The summed E-state index contributed by atoms with van der Waals surface area (Å²) in [6.07, 6.45) is 2.96. The topological polar surface area (TPSA) is 77.1 Å². The highest BCUT2D eigenvalue weighted by atomic mass is 16.5. The molecule has 5 heteroatoms. The van der Waals surface area contributed by atoms with Crippen LogP contribution in [0.1, 0.15) is 19.4 Å². The number of rotatable bonds is 10. The SMILES string of the molecule is C=CC(N)[C@H](C)[C@H](C)N=Cc1ccc(OCC(O)COC)cc1. The van der Waals surface area contributed by atoms with Crippen LogP contribution < -0.4 is 10.5 Å².